The summed E-state index contributed by atoms with van der Waals surface area (Å²) >= 11 is 5.60. The summed E-state index contributed by atoms with van der Waals surface area (Å²) in [6.07, 6.45) is 3.34. The molecule has 0 aromatic carbocycles. The molecule has 0 radical (unpaired) electrons. The highest BCUT2D eigenvalue weighted by Crippen LogP contribution is 2.15. The van der Waals surface area contributed by atoms with Gasteiger partial charge in [-0.2, -0.15) is 0 Å². The third kappa shape index (κ3) is 2.25. The molecule has 0 bridgehead atoms. The Hall–Kier alpha value is -1.75. The Morgan fingerprint density at radius 3 is 3.00 bits per heavy atom. The lowest BCUT2D eigenvalue weighted by Gasteiger charge is -2.13. The van der Waals surface area contributed by atoms with Crippen LogP contribution in [-0.2, 0) is 6.54 Å². The number of nitrogens with zero attached hydrogens (tertiary/aromatic N) is 2. The fourth-order valence-corrected chi connectivity index (χ4v) is 1.44. The van der Waals surface area contributed by atoms with E-state index in [2.05, 4.69) is 9.97 Å². The van der Waals surface area contributed by atoms with Gasteiger partial charge in [-0.15, -0.1) is 0 Å². The number of H-pyrrole nitrogens is 1. The minimum atomic E-state index is -0.233. The summed E-state index contributed by atoms with van der Waals surface area (Å²) in [5.74, 6) is 0.704. The summed E-state index contributed by atoms with van der Waals surface area (Å²) in [4.78, 5) is 20.3. The third-order valence-electron chi connectivity index (χ3n) is 2.07. The molecule has 2 aromatic rings. The minimum Gasteiger partial charge on any atom is -0.440 e. The number of furan rings is 1. The zero-order chi connectivity index (χ0) is 11.5. The Kier molecular flexibility index (Phi) is 2.96. The van der Waals surface area contributed by atoms with Gasteiger partial charge in [0.05, 0.1) is 6.54 Å². The van der Waals surface area contributed by atoms with Crippen molar-refractivity contribution in [1.82, 2.24) is 14.9 Å². The van der Waals surface area contributed by atoms with E-state index in [1.807, 2.05) is 0 Å². The molecular formula is C10H10ClN3O2. The molecular weight excluding hydrogens is 230 g/mol. The van der Waals surface area contributed by atoms with E-state index in [0.29, 0.717) is 12.4 Å². The molecule has 0 aliphatic rings. The number of carbonyl (C=O) groups is 1. The second kappa shape index (κ2) is 4.40. The van der Waals surface area contributed by atoms with Crippen LogP contribution in [0.1, 0.15) is 16.4 Å². The quantitative estimate of drug-likeness (QED) is 0.890. The second-order valence-corrected chi connectivity index (χ2v) is 3.67. The van der Waals surface area contributed by atoms with Crippen LogP contribution in [0.15, 0.2) is 28.9 Å². The zero-order valence-corrected chi connectivity index (χ0v) is 9.36. The summed E-state index contributed by atoms with van der Waals surface area (Å²) in [6.45, 7) is 0.393. The average Bonchev–Trinajstić information content (AvgIpc) is 2.88. The summed E-state index contributed by atoms with van der Waals surface area (Å²) in [5.41, 5.74) is 0. The lowest BCUT2D eigenvalue weighted by molar-refractivity contribution is 0.0750. The highest BCUT2D eigenvalue weighted by Gasteiger charge is 2.16. The molecule has 2 heterocycles. The van der Waals surface area contributed by atoms with Crippen LogP contribution < -0.4 is 0 Å². The van der Waals surface area contributed by atoms with Crippen molar-refractivity contribution in [3.63, 3.8) is 0 Å². The van der Waals surface area contributed by atoms with Crippen LogP contribution in [0.3, 0.4) is 0 Å². The first-order chi connectivity index (χ1) is 7.66. The van der Waals surface area contributed by atoms with Gasteiger partial charge in [-0.1, -0.05) is 0 Å². The van der Waals surface area contributed by atoms with E-state index in [0.717, 1.165) is 0 Å². The Labute approximate surface area is 97.0 Å². The smallest absolute Gasteiger partial charge is 0.289 e. The van der Waals surface area contributed by atoms with Gasteiger partial charge < -0.3 is 14.3 Å². The Morgan fingerprint density at radius 2 is 2.44 bits per heavy atom. The predicted octanol–water partition coefficient (Wildman–Crippen LogP) is 1.93. The molecule has 0 aliphatic carbocycles. The summed E-state index contributed by atoms with van der Waals surface area (Å²) < 4.78 is 5.03. The molecule has 0 saturated heterocycles. The van der Waals surface area contributed by atoms with E-state index in [-0.39, 0.29) is 16.9 Å². The molecule has 0 fully saturated rings. The molecule has 1 N–H and O–H groups in total. The SMILES string of the molecule is CN(Cc1ncc[nH]1)C(=O)c1ccc(Cl)o1. The molecule has 0 spiro atoms. The van der Waals surface area contributed by atoms with Crippen molar-refractivity contribution in [2.45, 2.75) is 6.54 Å². The first-order valence-corrected chi connectivity index (χ1v) is 5.03. The van der Waals surface area contributed by atoms with Gasteiger partial charge in [0.15, 0.2) is 11.0 Å². The number of imidazole rings is 1. The van der Waals surface area contributed by atoms with Crippen molar-refractivity contribution in [2.24, 2.45) is 0 Å². The molecule has 0 unspecified atom stereocenters. The van der Waals surface area contributed by atoms with Crippen molar-refractivity contribution in [1.29, 1.82) is 0 Å². The standard InChI is InChI=1S/C10H10ClN3O2/c1-14(6-9-12-4-5-13-9)10(15)7-2-3-8(11)16-7/h2-5H,6H2,1H3,(H,12,13). The van der Waals surface area contributed by atoms with Crippen molar-refractivity contribution in [3.8, 4) is 0 Å². The number of rotatable bonds is 3. The van der Waals surface area contributed by atoms with Gasteiger partial charge in [0.1, 0.15) is 5.82 Å². The number of aromatic amines is 1. The molecule has 6 heteroatoms. The molecule has 84 valence electrons. The van der Waals surface area contributed by atoms with E-state index in [1.165, 1.54) is 11.0 Å². The van der Waals surface area contributed by atoms with Crippen molar-refractivity contribution in [2.75, 3.05) is 7.05 Å². The zero-order valence-electron chi connectivity index (χ0n) is 8.61. The van der Waals surface area contributed by atoms with Gasteiger partial charge in [0.2, 0.25) is 0 Å². The van der Waals surface area contributed by atoms with Gasteiger partial charge in [0, 0.05) is 19.4 Å². The minimum absolute atomic E-state index is 0.203. The summed E-state index contributed by atoms with van der Waals surface area (Å²) in [6, 6.07) is 3.08. The van der Waals surface area contributed by atoms with Crippen LogP contribution >= 0.6 is 11.6 Å². The summed E-state index contributed by atoms with van der Waals surface area (Å²) in [7, 11) is 1.67. The highest BCUT2D eigenvalue weighted by molar-refractivity contribution is 6.29. The molecule has 16 heavy (non-hydrogen) atoms. The number of nitrogens with one attached hydrogen (secondary N) is 1. The lowest BCUT2D eigenvalue weighted by Crippen LogP contribution is -2.26. The second-order valence-electron chi connectivity index (χ2n) is 3.30. The Morgan fingerprint density at radius 1 is 1.62 bits per heavy atom. The first kappa shape index (κ1) is 10.8. The number of hydrogen-bond donors (Lipinski definition) is 1. The van der Waals surface area contributed by atoms with Crippen LogP contribution in [0.5, 0.6) is 0 Å². The maximum absolute atomic E-state index is 11.8. The number of amides is 1. The molecule has 0 saturated carbocycles. The Bertz CT molecular complexity index is 478. The van der Waals surface area contributed by atoms with Crippen LogP contribution in [-0.4, -0.2) is 27.8 Å². The molecule has 5 nitrogen and oxygen atoms in total. The fraction of sp³-hybridized carbons (Fsp3) is 0.200. The number of carbonyl (C=O) groups excluding carboxylic acids is 1. The maximum atomic E-state index is 11.8. The highest BCUT2D eigenvalue weighted by atomic mass is 35.5. The topological polar surface area (TPSA) is 62.1 Å². The molecule has 0 atom stereocenters. The normalized spacial score (nSPS) is 10.4. The van der Waals surface area contributed by atoms with Gasteiger partial charge >= 0.3 is 0 Å². The lowest BCUT2D eigenvalue weighted by atomic mass is 10.4. The van der Waals surface area contributed by atoms with E-state index >= 15 is 0 Å². The monoisotopic (exact) mass is 239 g/mol. The number of halogens is 1. The van der Waals surface area contributed by atoms with E-state index in [4.69, 9.17) is 16.0 Å². The van der Waals surface area contributed by atoms with E-state index in [1.54, 1.807) is 25.5 Å². The van der Waals surface area contributed by atoms with Crippen LogP contribution in [0, 0.1) is 0 Å². The van der Waals surface area contributed by atoms with Gasteiger partial charge in [-0.3, -0.25) is 4.79 Å². The largest absolute Gasteiger partial charge is 0.440 e. The van der Waals surface area contributed by atoms with Crippen LogP contribution in [0.25, 0.3) is 0 Å². The number of hydrogen-bond acceptors (Lipinski definition) is 3. The molecule has 2 rings (SSSR count). The number of aromatic nitrogens is 2. The average molecular weight is 240 g/mol. The van der Waals surface area contributed by atoms with Crippen LogP contribution in [0.2, 0.25) is 5.22 Å². The molecule has 0 aliphatic heterocycles. The van der Waals surface area contributed by atoms with Gasteiger partial charge in [0.25, 0.3) is 5.91 Å². The maximum Gasteiger partial charge on any atom is 0.289 e. The fourth-order valence-electron chi connectivity index (χ4n) is 1.30. The van der Waals surface area contributed by atoms with E-state index in [9.17, 15) is 4.79 Å². The predicted molar refractivity (Wildman–Crippen MR) is 58.1 cm³/mol. The molecule has 2 aromatic heterocycles. The Balaban J connectivity index is 2.05. The van der Waals surface area contributed by atoms with Crippen molar-refractivity contribution in [3.05, 3.63) is 41.3 Å². The van der Waals surface area contributed by atoms with Gasteiger partial charge in [-0.05, 0) is 23.7 Å². The van der Waals surface area contributed by atoms with Crippen molar-refractivity contribution < 1.29 is 9.21 Å². The van der Waals surface area contributed by atoms with Crippen molar-refractivity contribution >= 4 is 17.5 Å². The molecule has 1 amide bonds. The first-order valence-electron chi connectivity index (χ1n) is 4.66. The van der Waals surface area contributed by atoms with Gasteiger partial charge in [-0.25, -0.2) is 4.98 Å². The van der Waals surface area contributed by atoms with E-state index < -0.39 is 0 Å². The summed E-state index contributed by atoms with van der Waals surface area (Å²) in [5, 5.41) is 0.203. The third-order valence-corrected chi connectivity index (χ3v) is 2.28. The van der Waals surface area contributed by atoms with Crippen LogP contribution in [0.4, 0.5) is 0 Å².